The van der Waals surface area contributed by atoms with Crippen molar-refractivity contribution in [3.63, 3.8) is 0 Å². The maximum Gasteiger partial charge on any atom is 0.416 e. The molecule has 2 fully saturated rings. The first-order valence-electron chi connectivity index (χ1n) is 7.01. The fourth-order valence-corrected chi connectivity index (χ4v) is 3.67. The summed E-state index contributed by atoms with van der Waals surface area (Å²) >= 11 is 0. The number of hydrogen-bond donors (Lipinski definition) is 1. The SMILES string of the molecule is O=C(O)C1CC2CCC1N2Cc1cccc(C(F)(F)F)c1. The van der Waals surface area contributed by atoms with E-state index < -0.39 is 17.7 Å². The molecule has 21 heavy (non-hydrogen) atoms. The van der Waals surface area contributed by atoms with Crippen molar-refractivity contribution in [1.82, 2.24) is 4.90 Å². The zero-order chi connectivity index (χ0) is 15.2. The highest BCUT2D eigenvalue weighted by Gasteiger charge is 2.49. The van der Waals surface area contributed by atoms with Crippen LogP contribution in [0.4, 0.5) is 13.2 Å². The van der Waals surface area contributed by atoms with Crippen molar-refractivity contribution in [1.29, 1.82) is 0 Å². The van der Waals surface area contributed by atoms with Crippen molar-refractivity contribution in [2.45, 2.75) is 44.1 Å². The van der Waals surface area contributed by atoms with Gasteiger partial charge in [0.2, 0.25) is 0 Å². The van der Waals surface area contributed by atoms with Crippen molar-refractivity contribution in [2.75, 3.05) is 0 Å². The number of nitrogens with zero attached hydrogens (tertiary/aromatic N) is 1. The molecular formula is C15H16F3NO2. The summed E-state index contributed by atoms with van der Waals surface area (Å²) in [6.07, 6.45) is -1.98. The van der Waals surface area contributed by atoms with E-state index in [9.17, 15) is 23.1 Å². The van der Waals surface area contributed by atoms with Gasteiger partial charge in [-0.25, -0.2) is 0 Å². The van der Waals surface area contributed by atoms with Crippen LogP contribution in [0.25, 0.3) is 0 Å². The van der Waals surface area contributed by atoms with E-state index in [1.54, 1.807) is 6.07 Å². The lowest BCUT2D eigenvalue weighted by molar-refractivity contribution is -0.142. The summed E-state index contributed by atoms with van der Waals surface area (Å²) in [5.41, 5.74) is -0.0610. The van der Waals surface area contributed by atoms with Crippen molar-refractivity contribution >= 4 is 5.97 Å². The number of carbonyl (C=O) groups is 1. The first kappa shape index (κ1) is 14.4. The number of carboxylic acid groups (broad SMARTS) is 1. The smallest absolute Gasteiger partial charge is 0.416 e. The van der Waals surface area contributed by atoms with Crippen molar-refractivity contribution < 1.29 is 23.1 Å². The first-order valence-corrected chi connectivity index (χ1v) is 7.01. The Morgan fingerprint density at radius 1 is 1.33 bits per heavy atom. The Balaban J connectivity index is 1.77. The summed E-state index contributed by atoms with van der Waals surface area (Å²) in [5.74, 6) is -1.18. The summed E-state index contributed by atoms with van der Waals surface area (Å²) in [4.78, 5) is 13.3. The van der Waals surface area contributed by atoms with E-state index in [1.807, 2.05) is 0 Å². The predicted molar refractivity (Wildman–Crippen MR) is 69.5 cm³/mol. The number of halogens is 3. The van der Waals surface area contributed by atoms with Gasteiger partial charge in [0.1, 0.15) is 0 Å². The lowest BCUT2D eigenvalue weighted by Crippen LogP contribution is -2.32. The molecule has 0 aliphatic carbocycles. The monoisotopic (exact) mass is 299 g/mol. The van der Waals surface area contributed by atoms with Gasteiger partial charge in [0.15, 0.2) is 0 Å². The van der Waals surface area contributed by atoms with Gasteiger partial charge in [-0.2, -0.15) is 13.2 Å². The molecule has 0 amide bonds. The first-order chi connectivity index (χ1) is 9.86. The van der Waals surface area contributed by atoms with E-state index in [4.69, 9.17) is 0 Å². The molecule has 1 aromatic rings. The third-order valence-electron chi connectivity index (χ3n) is 4.62. The van der Waals surface area contributed by atoms with Gasteiger partial charge in [0.05, 0.1) is 11.5 Å². The van der Waals surface area contributed by atoms with Crippen molar-refractivity contribution in [3.8, 4) is 0 Å². The van der Waals surface area contributed by atoms with Gasteiger partial charge in [-0.3, -0.25) is 9.69 Å². The highest BCUT2D eigenvalue weighted by Crippen LogP contribution is 2.42. The molecule has 2 saturated heterocycles. The van der Waals surface area contributed by atoms with Gasteiger partial charge in [-0.15, -0.1) is 0 Å². The van der Waals surface area contributed by atoms with Gasteiger partial charge >= 0.3 is 12.1 Å². The Morgan fingerprint density at radius 2 is 2.10 bits per heavy atom. The largest absolute Gasteiger partial charge is 0.481 e. The number of benzene rings is 1. The van der Waals surface area contributed by atoms with Gasteiger partial charge in [0, 0.05) is 18.6 Å². The van der Waals surface area contributed by atoms with Crippen molar-refractivity contribution in [3.05, 3.63) is 35.4 Å². The highest BCUT2D eigenvalue weighted by atomic mass is 19.4. The minimum Gasteiger partial charge on any atom is -0.481 e. The van der Waals surface area contributed by atoms with Crippen LogP contribution in [0.5, 0.6) is 0 Å². The van der Waals surface area contributed by atoms with E-state index in [1.165, 1.54) is 6.07 Å². The molecule has 3 nitrogen and oxygen atoms in total. The maximum atomic E-state index is 12.7. The van der Waals surface area contributed by atoms with Crippen LogP contribution in [0.3, 0.4) is 0 Å². The summed E-state index contributed by atoms with van der Waals surface area (Å²) in [6.45, 7) is 0.392. The fourth-order valence-electron chi connectivity index (χ4n) is 3.67. The molecule has 2 bridgehead atoms. The average molecular weight is 299 g/mol. The normalized spacial score (nSPS) is 29.0. The molecule has 2 heterocycles. The molecule has 6 heteroatoms. The molecule has 0 radical (unpaired) electrons. The maximum absolute atomic E-state index is 12.7. The summed E-state index contributed by atoms with van der Waals surface area (Å²) in [5, 5.41) is 9.19. The van der Waals surface area contributed by atoms with E-state index >= 15 is 0 Å². The average Bonchev–Trinajstić information content (AvgIpc) is 2.95. The number of hydrogen-bond acceptors (Lipinski definition) is 2. The number of aliphatic carboxylic acids is 1. The summed E-state index contributed by atoms with van der Waals surface area (Å²) < 4.78 is 38.2. The minimum absolute atomic E-state index is 0.0398. The zero-order valence-electron chi connectivity index (χ0n) is 11.3. The van der Waals surface area contributed by atoms with Gasteiger partial charge < -0.3 is 5.11 Å². The lowest BCUT2D eigenvalue weighted by Gasteiger charge is -2.23. The second-order valence-electron chi connectivity index (χ2n) is 5.85. The van der Waals surface area contributed by atoms with Gasteiger partial charge in [-0.05, 0) is 30.9 Å². The second kappa shape index (κ2) is 5.02. The molecule has 0 spiro atoms. The van der Waals surface area contributed by atoms with E-state index in [0.717, 1.165) is 25.0 Å². The van der Waals surface area contributed by atoms with Gasteiger partial charge in [0.25, 0.3) is 0 Å². The molecule has 0 aromatic heterocycles. The Bertz CT molecular complexity index is 558. The molecule has 3 atom stereocenters. The molecule has 0 saturated carbocycles. The van der Waals surface area contributed by atoms with E-state index in [-0.39, 0.29) is 18.0 Å². The Kier molecular flexibility index (Phi) is 3.43. The number of alkyl halides is 3. The molecule has 2 aliphatic rings. The zero-order valence-corrected chi connectivity index (χ0v) is 11.3. The molecule has 1 aromatic carbocycles. The van der Waals surface area contributed by atoms with Gasteiger partial charge in [-0.1, -0.05) is 18.2 Å². The Morgan fingerprint density at radius 3 is 2.71 bits per heavy atom. The molecule has 114 valence electrons. The van der Waals surface area contributed by atoms with Crippen molar-refractivity contribution in [2.24, 2.45) is 5.92 Å². The van der Waals surface area contributed by atoms with Crippen LogP contribution < -0.4 is 0 Å². The van der Waals surface area contributed by atoms with Crippen LogP contribution in [0.15, 0.2) is 24.3 Å². The van der Waals surface area contributed by atoms with E-state index in [2.05, 4.69) is 4.90 Å². The molecule has 3 unspecified atom stereocenters. The lowest BCUT2D eigenvalue weighted by atomic mass is 9.89. The van der Waals surface area contributed by atoms with Crippen LogP contribution >= 0.6 is 0 Å². The Hall–Kier alpha value is -1.56. The van der Waals surface area contributed by atoms with Crippen LogP contribution in [-0.2, 0) is 17.5 Å². The van der Waals surface area contributed by atoms with E-state index in [0.29, 0.717) is 18.5 Å². The summed E-state index contributed by atoms with van der Waals surface area (Å²) in [7, 11) is 0. The topological polar surface area (TPSA) is 40.5 Å². The predicted octanol–water partition coefficient (Wildman–Crippen LogP) is 3.14. The third kappa shape index (κ3) is 2.64. The number of fused-ring (bicyclic) bond motifs is 2. The fraction of sp³-hybridized carbons (Fsp3) is 0.533. The van der Waals surface area contributed by atoms with Crippen LogP contribution in [0.2, 0.25) is 0 Å². The standard InChI is InChI=1S/C15H16F3NO2/c16-15(17,18)10-3-1-2-9(6-10)8-19-11-4-5-13(19)12(7-11)14(20)21/h1-3,6,11-13H,4-5,7-8H2,(H,20,21). The summed E-state index contributed by atoms with van der Waals surface area (Å²) in [6, 6.07) is 5.44. The third-order valence-corrected chi connectivity index (χ3v) is 4.62. The minimum atomic E-state index is -4.34. The molecule has 1 N–H and O–H groups in total. The molecule has 3 rings (SSSR count). The molecular weight excluding hydrogens is 283 g/mol. The number of carboxylic acids is 1. The molecule has 2 aliphatic heterocycles. The van der Waals surface area contributed by atoms with Crippen LogP contribution in [0.1, 0.15) is 30.4 Å². The van der Waals surface area contributed by atoms with Crippen LogP contribution in [0, 0.1) is 5.92 Å². The van der Waals surface area contributed by atoms with Crippen LogP contribution in [-0.4, -0.2) is 28.1 Å². The highest BCUT2D eigenvalue weighted by molar-refractivity contribution is 5.71. The second-order valence-corrected chi connectivity index (χ2v) is 5.85. The quantitative estimate of drug-likeness (QED) is 0.932. The Labute approximate surface area is 120 Å². The number of rotatable bonds is 3.